The van der Waals surface area contributed by atoms with Crippen molar-refractivity contribution in [3.05, 3.63) is 0 Å². The van der Waals surface area contributed by atoms with E-state index in [9.17, 15) is 0 Å². The lowest BCUT2D eigenvalue weighted by Gasteiger charge is -2.38. The van der Waals surface area contributed by atoms with E-state index in [1.165, 1.54) is 32.1 Å². The first-order valence-electron chi connectivity index (χ1n) is 4.62. The van der Waals surface area contributed by atoms with Gasteiger partial charge in [-0.15, -0.1) is 0 Å². The van der Waals surface area contributed by atoms with Crippen molar-refractivity contribution < 1.29 is 1.37 Å². The fourth-order valence-corrected chi connectivity index (χ4v) is 2.40. The summed E-state index contributed by atoms with van der Waals surface area (Å²) in [5, 5.41) is 0. The largest absolute Gasteiger partial charge is 0.0625 e. The number of hydrogen-bond donors (Lipinski definition) is 0. The molecule has 2 fully saturated rings. The van der Waals surface area contributed by atoms with Crippen molar-refractivity contribution >= 4 is 0 Å². The second kappa shape index (κ2) is 1.74. The molecule has 2 aliphatic carbocycles. The average Bonchev–Trinajstić information content (AvgIpc) is 2.04. The summed E-state index contributed by atoms with van der Waals surface area (Å²) in [5.74, 6) is -0.0690. The van der Waals surface area contributed by atoms with Crippen LogP contribution >= 0.6 is 0 Å². The van der Waals surface area contributed by atoms with Crippen molar-refractivity contribution in [2.45, 2.75) is 45.4 Å². The Hall–Kier alpha value is 0. The van der Waals surface area contributed by atoms with Gasteiger partial charge in [0.15, 0.2) is 0 Å². The lowest BCUT2D eigenvalue weighted by atomic mass is 9.67. The van der Waals surface area contributed by atoms with Crippen LogP contribution in [-0.4, -0.2) is 0 Å². The zero-order valence-corrected chi connectivity index (χ0v) is 6.24. The third-order valence-electron chi connectivity index (χ3n) is 3.17. The fourth-order valence-electron chi connectivity index (χ4n) is 2.40. The van der Waals surface area contributed by atoms with Crippen molar-refractivity contribution in [3.8, 4) is 0 Å². The minimum Gasteiger partial charge on any atom is -0.0625 e. The number of hydrogen-bond acceptors (Lipinski definition) is 0. The first-order valence-corrected chi connectivity index (χ1v) is 4.12. The minimum atomic E-state index is -0.0690. The van der Waals surface area contributed by atoms with E-state index in [1.54, 1.807) is 0 Å². The van der Waals surface area contributed by atoms with E-state index in [1.807, 2.05) is 0 Å². The highest BCUT2D eigenvalue weighted by Crippen LogP contribution is 2.54. The number of rotatable bonds is 0. The van der Waals surface area contributed by atoms with Crippen LogP contribution in [-0.2, 0) is 0 Å². The van der Waals surface area contributed by atoms with E-state index in [-0.39, 0.29) is 5.89 Å². The molecule has 0 amide bonds. The molecule has 9 heavy (non-hydrogen) atoms. The Morgan fingerprint density at radius 3 is 2.44 bits per heavy atom. The van der Waals surface area contributed by atoms with Gasteiger partial charge in [0.2, 0.25) is 0 Å². The van der Waals surface area contributed by atoms with Crippen LogP contribution in [0.5, 0.6) is 0 Å². The molecule has 2 rings (SSSR count). The Labute approximate surface area is 59.1 Å². The monoisotopic (exact) mass is 125 g/mol. The van der Waals surface area contributed by atoms with Gasteiger partial charge in [-0.3, -0.25) is 0 Å². The van der Waals surface area contributed by atoms with Crippen LogP contribution in [0.2, 0.25) is 0 Å². The third-order valence-corrected chi connectivity index (χ3v) is 3.17. The molecule has 0 nitrogen and oxygen atoms in total. The predicted molar refractivity (Wildman–Crippen MR) is 39.3 cm³/mol. The van der Waals surface area contributed by atoms with Gasteiger partial charge in [-0.1, -0.05) is 19.8 Å². The second-order valence-electron chi connectivity index (χ2n) is 3.99. The molecule has 0 saturated heterocycles. The molecule has 0 aromatic rings. The van der Waals surface area contributed by atoms with Crippen LogP contribution in [0, 0.1) is 11.3 Å². The van der Waals surface area contributed by atoms with Crippen LogP contribution in [0.4, 0.5) is 0 Å². The molecular weight excluding hydrogens is 108 g/mol. The quantitative estimate of drug-likeness (QED) is 0.467. The average molecular weight is 125 g/mol. The molecule has 0 heterocycles. The van der Waals surface area contributed by atoms with Crippen molar-refractivity contribution in [2.24, 2.45) is 11.3 Å². The summed E-state index contributed by atoms with van der Waals surface area (Å²) < 4.78 is 7.88. The SMILES string of the molecule is [2H][C@@]1(C)CCC2(CCC2)C1. The highest BCUT2D eigenvalue weighted by Gasteiger charge is 2.41. The Bertz CT molecular complexity index is 145. The van der Waals surface area contributed by atoms with Gasteiger partial charge < -0.3 is 0 Å². The Morgan fingerprint density at radius 1 is 1.44 bits per heavy atom. The molecule has 0 unspecified atom stereocenters. The maximum Gasteiger partial charge on any atom is 0.0300 e. The molecule has 0 aliphatic heterocycles. The molecular formula is C9H16. The van der Waals surface area contributed by atoms with Crippen molar-refractivity contribution in [1.82, 2.24) is 0 Å². The van der Waals surface area contributed by atoms with Gasteiger partial charge in [0, 0.05) is 1.37 Å². The summed E-state index contributed by atoms with van der Waals surface area (Å²) >= 11 is 0. The molecule has 0 aromatic carbocycles. The maximum absolute atomic E-state index is 7.88. The standard InChI is InChI=1S/C9H16/c1-8-3-6-9(7-8)4-2-5-9/h8H,2-7H2,1H3/t8-/m1/s1/i8D. The third kappa shape index (κ3) is 0.798. The molecule has 0 heteroatoms. The maximum atomic E-state index is 7.88. The van der Waals surface area contributed by atoms with E-state index >= 15 is 0 Å². The molecule has 1 atom stereocenters. The minimum absolute atomic E-state index is 0.0690. The summed E-state index contributed by atoms with van der Waals surface area (Å²) in [7, 11) is 0. The van der Waals surface area contributed by atoms with Gasteiger partial charge in [0.25, 0.3) is 0 Å². The lowest BCUT2D eigenvalue weighted by Crippen LogP contribution is -2.25. The summed E-state index contributed by atoms with van der Waals surface area (Å²) in [6.45, 7) is 2.10. The predicted octanol–water partition coefficient (Wildman–Crippen LogP) is 2.98. The summed E-state index contributed by atoms with van der Waals surface area (Å²) in [6.07, 6.45) is 7.93. The van der Waals surface area contributed by atoms with Crippen LogP contribution in [0.25, 0.3) is 0 Å². The van der Waals surface area contributed by atoms with E-state index in [0.29, 0.717) is 5.41 Å². The molecule has 2 aliphatic rings. The molecule has 0 radical (unpaired) electrons. The van der Waals surface area contributed by atoms with Gasteiger partial charge >= 0.3 is 0 Å². The summed E-state index contributed by atoms with van der Waals surface area (Å²) in [5.41, 5.74) is 0.663. The Balaban J connectivity index is 2.05. The van der Waals surface area contributed by atoms with Crippen LogP contribution in [0.1, 0.15) is 46.8 Å². The smallest absolute Gasteiger partial charge is 0.0300 e. The van der Waals surface area contributed by atoms with Crippen LogP contribution in [0.3, 0.4) is 0 Å². The Morgan fingerprint density at radius 2 is 2.22 bits per heavy atom. The van der Waals surface area contributed by atoms with E-state index in [2.05, 4.69) is 6.92 Å². The van der Waals surface area contributed by atoms with Gasteiger partial charge in [0.1, 0.15) is 0 Å². The van der Waals surface area contributed by atoms with E-state index in [0.717, 1.165) is 6.42 Å². The second-order valence-corrected chi connectivity index (χ2v) is 3.99. The van der Waals surface area contributed by atoms with E-state index < -0.39 is 0 Å². The first kappa shape index (κ1) is 4.76. The van der Waals surface area contributed by atoms with Gasteiger partial charge in [-0.2, -0.15) is 0 Å². The van der Waals surface area contributed by atoms with Gasteiger partial charge in [0.05, 0.1) is 0 Å². The van der Waals surface area contributed by atoms with Crippen LogP contribution in [0.15, 0.2) is 0 Å². The molecule has 2 saturated carbocycles. The van der Waals surface area contributed by atoms with Crippen molar-refractivity contribution in [3.63, 3.8) is 0 Å². The topological polar surface area (TPSA) is 0 Å². The molecule has 1 spiro atoms. The van der Waals surface area contributed by atoms with Gasteiger partial charge in [-0.25, -0.2) is 0 Å². The lowest BCUT2D eigenvalue weighted by molar-refractivity contribution is 0.138. The first-order chi connectivity index (χ1) is 4.62. The zero-order valence-electron chi connectivity index (χ0n) is 7.24. The van der Waals surface area contributed by atoms with Crippen molar-refractivity contribution in [1.29, 1.82) is 0 Å². The van der Waals surface area contributed by atoms with Crippen LogP contribution < -0.4 is 0 Å². The van der Waals surface area contributed by atoms with Crippen molar-refractivity contribution in [2.75, 3.05) is 0 Å². The summed E-state index contributed by atoms with van der Waals surface area (Å²) in [6, 6.07) is 0. The highest BCUT2D eigenvalue weighted by molar-refractivity contribution is 4.93. The zero-order chi connectivity index (χ0) is 7.24. The molecule has 0 aromatic heterocycles. The highest BCUT2D eigenvalue weighted by atomic mass is 14.5. The normalized spacial score (nSPS) is 48.8. The molecule has 0 N–H and O–H groups in total. The van der Waals surface area contributed by atoms with Gasteiger partial charge in [-0.05, 0) is 37.0 Å². The fraction of sp³-hybridized carbons (Fsp3) is 1.00. The Kier molecular flexibility index (Phi) is 0.922. The molecule has 0 bridgehead atoms. The molecule has 52 valence electrons. The van der Waals surface area contributed by atoms with E-state index in [4.69, 9.17) is 1.37 Å². The summed E-state index contributed by atoms with van der Waals surface area (Å²) in [4.78, 5) is 0.